The van der Waals surface area contributed by atoms with Crippen LogP contribution in [0.15, 0.2) is 0 Å². The summed E-state index contributed by atoms with van der Waals surface area (Å²) >= 11 is 0. The fraction of sp³-hybridized carbons (Fsp3) is 0.923. The van der Waals surface area contributed by atoms with Crippen molar-refractivity contribution in [2.24, 2.45) is 0 Å². The zero-order valence-electron chi connectivity index (χ0n) is 11.6. The maximum absolute atomic E-state index is 11.9. The van der Waals surface area contributed by atoms with E-state index >= 15 is 0 Å². The molecule has 0 radical (unpaired) electrons. The number of hydrogen-bond donors (Lipinski definition) is 1. The third-order valence-electron chi connectivity index (χ3n) is 2.76. The Hall–Kier alpha value is -0.610. The first kappa shape index (κ1) is 16.4. The van der Waals surface area contributed by atoms with Crippen molar-refractivity contribution in [1.82, 2.24) is 4.90 Å². The van der Waals surface area contributed by atoms with Crippen LogP contribution in [0.25, 0.3) is 0 Å². The van der Waals surface area contributed by atoms with E-state index in [0.29, 0.717) is 13.0 Å². The van der Waals surface area contributed by atoms with Crippen LogP contribution < -0.4 is 0 Å². The molecule has 1 unspecified atom stereocenters. The lowest BCUT2D eigenvalue weighted by Crippen LogP contribution is -2.46. The van der Waals surface area contributed by atoms with Crippen molar-refractivity contribution in [3.63, 3.8) is 0 Å². The van der Waals surface area contributed by atoms with E-state index < -0.39 is 0 Å². The smallest absolute Gasteiger partial charge is 0.323 e. The molecule has 0 saturated carbocycles. The molecule has 4 heteroatoms. The maximum Gasteiger partial charge on any atom is 0.323 e. The molecule has 0 heterocycles. The van der Waals surface area contributed by atoms with E-state index in [9.17, 15) is 4.79 Å². The van der Waals surface area contributed by atoms with Crippen LogP contribution in [0.4, 0.5) is 0 Å². The van der Waals surface area contributed by atoms with E-state index in [2.05, 4.69) is 25.7 Å². The van der Waals surface area contributed by atoms with Crippen LogP contribution in [-0.2, 0) is 9.53 Å². The normalized spacial score (nSPS) is 13.1. The third kappa shape index (κ3) is 6.03. The highest BCUT2D eigenvalue weighted by atomic mass is 16.5. The van der Waals surface area contributed by atoms with E-state index in [0.717, 1.165) is 19.4 Å². The molecule has 0 aliphatic heterocycles. The first-order valence-corrected chi connectivity index (χ1v) is 6.61. The van der Waals surface area contributed by atoms with Crippen molar-refractivity contribution in [3.8, 4) is 0 Å². The van der Waals surface area contributed by atoms with Gasteiger partial charge in [-0.25, -0.2) is 0 Å². The van der Waals surface area contributed by atoms with Gasteiger partial charge in [-0.05, 0) is 33.6 Å². The molecule has 0 fully saturated rings. The molecule has 1 N–H and O–H groups in total. The summed E-state index contributed by atoms with van der Waals surface area (Å²) in [6.07, 6.45) is 2.45. The van der Waals surface area contributed by atoms with Gasteiger partial charge in [-0.2, -0.15) is 0 Å². The van der Waals surface area contributed by atoms with Gasteiger partial charge < -0.3 is 9.84 Å². The Labute approximate surface area is 105 Å². The topological polar surface area (TPSA) is 49.8 Å². The zero-order valence-corrected chi connectivity index (χ0v) is 11.6. The second-order valence-corrected chi connectivity index (χ2v) is 4.47. The average Bonchev–Trinajstić information content (AvgIpc) is 2.28. The molecular weight excluding hydrogens is 218 g/mol. The molecule has 4 nitrogen and oxygen atoms in total. The molecule has 0 aromatic rings. The molecule has 17 heavy (non-hydrogen) atoms. The van der Waals surface area contributed by atoms with E-state index in [-0.39, 0.29) is 24.7 Å². The van der Waals surface area contributed by atoms with E-state index in [1.54, 1.807) is 0 Å². The first-order chi connectivity index (χ1) is 8.08. The number of carbonyl (C=O) groups is 1. The quantitative estimate of drug-likeness (QED) is 0.629. The summed E-state index contributed by atoms with van der Waals surface area (Å²) in [5.74, 6) is -0.138. The predicted octanol–water partition coefficient (Wildman–Crippen LogP) is 1.81. The minimum Gasteiger partial charge on any atom is -0.465 e. The van der Waals surface area contributed by atoms with E-state index in [1.807, 2.05) is 6.92 Å². The number of hydrogen-bond acceptors (Lipinski definition) is 4. The Bertz CT molecular complexity index is 207. The summed E-state index contributed by atoms with van der Waals surface area (Å²) in [7, 11) is 0. The lowest BCUT2D eigenvalue weighted by molar-refractivity contribution is -0.150. The number of aliphatic hydroxyl groups is 1. The minimum atomic E-state index is -0.175. The van der Waals surface area contributed by atoms with Gasteiger partial charge in [0.2, 0.25) is 0 Å². The highest BCUT2D eigenvalue weighted by Crippen LogP contribution is 2.13. The van der Waals surface area contributed by atoms with Crippen LogP contribution in [0.3, 0.4) is 0 Å². The average molecular weight is 245 g/mol. The Morgan fingerprint density at radius 2 is 2.00 bits per heavy atom. The fourth-order valence-corrected chi connectivity index (χ4v) is 1.96. The van der Waals surface area contributed by atoms with Crippen molar-refractivity contribution in [3.05, 3.63) is 0 Å². The molecule has 0 saturated heterocycles. The second kappa shape index (κ2) is 9.42. The Balaban J connectivity index is 4.62. The van der Waals surface area contributed by atoms with Crippen molar-refractivity contribution in [2.75, 3.05) is 19.8 Å². The number of ether oxygens (including phenoxy) is 1. The van der Waals surface area contributed by atoms with Gasteiger partial charge in [0.1, 0.15) is 6.04 Å². The van der Waals surface area contributed by atoms with Gasteiger partial charge in [0.15, 0.2) is 0 Å². The van der Waals surface area contributed by atoms with E-state index in [1.165, 1.54) is 0 Å². The summed E-state index contributed by atoms with van der Waals surface area (Å²) < 4.78 is 5.12. The Morgan fingerprint density at radius 1 is 1.35 bits per heavy atom. The van der Waals surface area contributed by atoms with Crippen LogP contribution in [-0.4, -0.2) is 47.8 Å². The van der Waals surface area contributed by atoms with Gasteiger partial charge in [0.05, 0.1) is 6.61 Å². The maximum atomic E-state index is 11.9. The van der Waals surface area contributed by atoms with Crippen molar-refractivity contribution >= 4 is 5.97 Å². The molecule has 0 aromatic carbocycles. The summed E-state index contributed by atoms with van der Waals surface area (Å²) in [5, 5.41) is 8.91. The molecule has 0 aliphatic carbocycles. The van der Waals surface area contributed by atoms with Gasteiger partial charge in [0, 0.05) is 19.2 Å². The Morgan fingerprint density at radius 3 is 2.41 bits per heavy atom. The number of carbonyl (C=O) groups excluding carboxylic acids is 1. The molecule has 0 amide bonds. The number of nitrogens with zero attached hydrogens (tertiary/aromatic N) is 1. The highest BCUT2D eigenvalue weighted by molar-refractivity contribution is 5.75. The van der Waals surface area contributed by atoms with Gasteiger partial charge in [-0.15, -0.1) is 0 Å². The van der Waals surface area contributed by atoms with Crippen molar-refractivity contribution in [1.29, 1.82) is 0 Å². The van der Waals surface area contributed by atoms with Crippen molar-refractivity contribution < 1.29 is 14.6 Å². The van der Waals surface area contributed by atoms with E-state index in [4.69, 9.17) is 9.84 Å². The second-order valence-electron chi connectivity index (χ2n) is 4.47. The molecule has 0 bridgehead atoms. The van der Waals surface area contributed by atoms with Gasteiger partial charge >= 0.3 is 5.97 Å². The molecule has 0 aliphatic rings. The number of rotatable bonds is 9. The van der Waals surface area contributed by atoms with Crippen LogP contribution in [0.2, 0.25) is 0 Å². The summed E-state index contributed by atoms with van der Waals surface area (Å²) in [6, 6.07) is 0.106. The first-order valence-electron chi connectivity index (χ1n) is 6.61. The zero-order chi connectivity index (χ0) is 13.3. The standard InChI is InChI=1S/C13H27NO3/c1-5-8-12(13(16)17-6-2)14(11(3)4)9-7-10-15/h11-12,15H,5-10H2,1-4H3. The summed E-state index contributed by atoms with van der Waals surface area (Å²) in [4.78, 5) is 14.0. The molecule has 102 valence electrons. The number of aliphatic hydroxyl groups excluding tert-OH is 1. The largest absolute Gasteiger partial charge is 0.465 e. The molecular formula is C13H27NO3. The lowest BCUT2D eigenvalue weighted by Gasteiger charge is -2.33. The fourth-order valence-electron chi connectivity index (χ4n) is 1.96. The summed E-state index contributed by atoms with van der Waals surface area (Å²) in [6.45, 7) is 9.34. The third-order valence-corrected chi connectivity index (χ3v) is 2.76. The van der Waals surface area contributed by atoms with Crippen LogP contribution in [0, 0.1) is 0 Å². The summed E-state index contributed by atoms with van der Waals surface area (Å²) in [5.41, 5.74) is 0. The Kier molecular flexibility index (Phi) is 9.09. The SMILES string of the molecule is CCCC(C(=O)OCC)N(CCCO)C(C)C. The highest BCUT2D eigenvalue weighted by Gasteiger charge is 2.27. The lowest BCUT2D eigenvalue weighted by atomic mass is 10.1. The monoisotopic (exact) mass is 245 g/mol. The van der Waals surface area contributed by atoms with Crippen LogP contribution in [0.5, 0.6) is 0 Å². The van der Waals surface area contributed by atoms with Gasteiger partial charge in [-0.3, -0.25) is 9.69 Å². The molecule has 0 spiro atoms. The van der Waals surface area contributed by atoms with Crippen LogP contribution >= 0.6 is 0 Å². The van der Waals surface area contributed by atoms with Gasteiger partial charge in [-0.1, -0.05) is 13.3 Å². The molecule has 0 aromatic heterocycles. The minimum absolute atomic E-state index is 0.138. The molecule has 1 atom stereocenters. The predicted molar refractivity (Wildman–Crippen MR) is 68.9 cm³/mol. The van der Waals surface area contributed by atoms with Crippen LogP contribution in [0.1, 0.15) is 47.0 Å². The number of esters is 1. The van der Waals surface area contributed by atoms with Gasteiger partial charge in [0.25, 0.3) is 0 Å². The van der Waals surface area contributed by atoms with Crippen molar-refractivity contribution in [2.45, 2.75) is 59.0 Å². The molecule has 0 rings (SSSR count).